The molecule has 2 fully saturated rings. The van der Waals surface area contributed by atoms with Gasteiger partial charge in [-0.1, -0.05) is 12.1 Å². The fraction of sp³-hybridized carbons (Fsp3) is 0.611. The van der Waals surface area contributed by atoms with Crippen molar-refractivity contribution in [2.45, 2.75) is 38.5 Å². The first-order valence-electron chi connectivity index (χ1n) is 8.45. The Morgan fingerprint density at radius 3 is 2.88 bits per heavy atom. The lowest BCUT2D eigenvalue weighted by Crippen LogP contribution is -2.55. The Balaban J connectivity index is 0.00000208. The quantitative estimate of drug-likeness (QED) is 0.832. The number of halogens is 1. The molecule has 2 atom stereocenters. The molecule has 1 aromatic rings. The van der Waals surface area contributed by atoms with Crippen molar-refractivity contribution in [3.63, 3.8) is 0 Å². The molecular weight excluding hydrogens is 328 g/mol. The second kappa shape index (κ2) is 8.70. The highest BCUT2D eigenvalue weighted by Crippen LogP contribution is 2.20. The molecule has 2 aliphatic rings. The molecule has 0 N–H and O–H groups in total. The average molecular weight is 355 g/mol. The van der Waals surface area contributed by atoms with Crippen LogP contribution in [0.25, 0.3) is 0 Å². The highest BCUT2D eigenvalue weighted by molar-refractivity contribution is 5.85. The number of nitrogens with zero attached hydrogens (tertiary/aromatic N) is 2. The molecule has 1 amide bonds. The zero-order valence-corrected chi connectivity index (χ0v) is 15.3. The lowest BCUT2D eigenvalue weighted by atomic mass is 10.1. The molecule has 0 saturated carbocycles. The summed E-state index contributed by atoms with van der Waals surface area (Å²) in [5.74, 6) is 1.07. The van der Waals surface area contributed by atoms with Gasteiger partial charge in [0.15, 0.2) is 0 Å². The number of piperazine rings is 1. The number of benzene rings is 1. The number of rotatable bonds is 4. The van der Waals surface area contributed by atoms with E-state index in [-0.39, 0.29) is 30.5 Å². The number of hydrogen-bond acceptors (Lipinski definition) is 4. The van der Waals surface area contributed by atoms with E-state index in [0.717, 1.165) is 51.4 Å². The maximum absolute atomic E-state index is 12.5. The van der Waals surface area contributed by atoms with Gasteiger partial charge in [0.1, 0.15) is 11.9 Å². The largest absolute Gasteiger partial charge is 0.497 e. The summed E-state index contributed by atoms with van der Waals surface area (Å²) in [4.78, 5) is 16.9. The van der Waals surface area contributed by atoms with Crippen LogP contribution in [-0.4, -0.2) is 61.2 Å². The lowest BCUT2D eigenvalue weighted by Gasteiger charge is -2.40. The van der Waals surface area contributed by atoms with Gasteiger partial charge >= 0.3 is 0 Å². The number of amides is 1. The van der Waals surface area contributed by atoms with Gasteiger partial charge in [-0.15, -0.1) is 12.4 Å². The first-order chi connectivity index (χ1) is 11.2. The molecule has 24 heavy (non-hydrogen) atoms. The van der Waals surface area contributed by atoms with Gasteiger partial charge in [-0.3, -0.25) is 9.69 Å². The van der Waals surface area contributed by atoms with Crippen molar-refractivity contribution in [1.82, 2.24) is 9.80 Å². The molecule has 134 valence electrons. The third-order valence-corrected chi connectivity index (χ3v) is 4.74. The summed E-state index contributed by atoms with van der Waals surface area (Å²) in [6, 6.07) is 8.41. The zero-order chi connectivity index (χ0) is 16.2. The maximum atomic E-state index is 12.5. The van der Waals surface area contributed by atoms with Crippen molar-refractivity contribution in [3.8, 4) is 5.75 Å². The standard InChI is InChI=1S/C18H26N2O3.ClH/c1-14-12-19(13-15-5-3-6-16(11-15)22-2)8-9-20(14)18(21)17-7-4-10-23-17;/h3,5-6,11,14,17H,4,7-10,12-13H2,1-2H3;1H/t14-,17?;/m0./s1. The monoisotopic (exact) mass is 354 g/mol. The van der Waals surface area contributed by atoms with Crippen molar-refractivity contribution >= 4 is 18.3 Å². The summed E-state index contributed by atoms with van der Waals surface area (Å²) in [6.45, 7) is 6.33. The van der Waals surface area contributed by atoms with E-state index < -0.39 is 0 Å². The van der Waals surface area contributed by atoms with Crippen molar-refractivity contribution in [2.75, 3.05) is 33.4 Å². The first kappa shape index (κ1) is 19.0. The van der Waals surface area contributed by atoms with E-state index in [1.54, 1.807) is 7.11 Å². The molecule has 0 radical (unpaired) electrons. The zero-order valence-electron chi connectivity index (χ0n) is 14.4. The van der Waals surface area contributed by atoms with E-state index in [1.165, 1.54) is 5.56 Å². The molecule has 1 aromatic carbocycles. The number of ether oxygens (including phenoxy) is 2. The second-order valence-corrected chi connectivity index (χ2v) is 6.47. The van der Waals surface area contributed by atoms with Crippen LogP contribution < -0.4 is 4.74 Å². The van der Waals surface area contributed by atoms with Crippen LogP contribution in [0, 0.1) is 0 Å². The third kappa shape index (κ3) is 4.41. The first-order valence-corrected chi connectivity index (χ1v) is 8.45. The topological polar surface area (TPSA) is 42.0 Å². The van der Waals surface area contributed by atoms with Crippen LogP contribution in [-0.2, 0) is 16.1 Å². The second-order valence-electron chi connectivity index (χ2n) is 6.47. The Labute approximate surface area is 150 Å². The molecule has 6 heteroatoms. The van der Waals surface area contributed by atoms with Gasteiger partial charge in [0, 0.05) is 38.8 Å². The summed E-state index contributed by atoms with van der Waals surface area (Å²) in [5.41, 5.74) is 1.25. The molecular formula is C18H27ClN2O3. The minimum atomic E-state index is -0.206. The van der Waals surface area contributed by atoms with Crippen molar-refractivity contribution in [1.29, 1.82) is 0 Å². The molecule has 1 unspecified atom stereocenters. The van der Waals surface area contributed by atoms with E-state index >= 15 is 0 Å². The van der Waals surface area contributed by atoms with Crippen LogP contribution in [0.15, 0.2) is 24.3 Å². The Kier molecular flexibility index (Phi) is 6.90. The smallest absolute Gasteiger partial charge is 0.252 e. The van der Waals surface area contributed by atoms with Gasteiger partial charge in [0.2, 0.25) is 0 Å². The molecule has 0 bridgehead atoms. The summed E-state index contributed by atoms with van der Waals surface area (Å²) < 4.78 is 10.8. The highest BCUT2D eigenvalue weighted by atomic mass is 35.5. The fourth-order valence-electron chi connectivity index (χ4n) is 3.49. The highest BCUT2D eigenvalue weighted by Gasteiger charge is 2.33. The maximum Gasteiger partial charge on any atom is 0.252 e. The molecule has 5 nitrogen and oxygen atoms in total. The lowest BCUT2D eigenvalue weighted by molar-refractivity contribution is -0.145. The van der Waals surface area contributed by atoms with Gasteiger partial charge in [0.05, 0.1) is 7.11 Å². The van der Waals surface area contributed by atoms with Gasteiger partial charge in [-0.2, -0.15) is 0 Å². The summed E-state index contributed by atoms with van der Waals surface area (Å²) >= 11 is 0. The Morgan fingerprint density at radius 2 is 2.21 bits per heavy atom. The van der Waals surface area contributed by atoms with Crippen LogP contribution in [0.3, 0.4) is 0 Å². The van der Waals surface area contributed by atoms with E-state index in [2.05, 4.69) is 24.0 Å². The van der Waals surface area contributed by atoms with E-state index in [1.807, 2.05) is 17.0 Å². The molecule has 2 saturated heterocycles. The number of hydrogen-bond donors (Lipinski definition) is 0. The Hall–Kier alpha value is -1.30. The van der Waals surface area contributed by atoms with Gasteiger partial charge < -0.3 is 14.4 Å². The Morgan fingerprint density at radius 1 is 1.38 bits per heavy atom. The van der Waals surface area contributed by atoms with Crippen LogP contribution in [0.4, 0.5) is 0 Å². The van der Waals surface area contributed by atoms with Gasteiger partial charge in [0.25, 0.3) is 5.91 Å². The van der Waals surface area contributed by atoms with Crippen LogP contribution in [0.1, 0.15) is 25.3 Å². The summed E-state index contributed by atoms with van der Waals surface area (Å²) in [5, 5.41) is 0. The molecule has 3 rings (SSSR count). The molecule has 0 aliphatic carbocycles. The minimum absolute atomic E-state index is 0. The summed E-state index contributed by atoms with van der Waals surface area (Å²) in [7, 11) is 1.69. The fourth-order valence-corrected chi connectivity index (χ4v) is 3.49. The SMILES string of the molecule is COc1cccc(CN2CCN(C(=O)C3CCCO3)[C@@H](C)C2)c1.Cl. The van der Waals surface area contributed by atoms with Crippen molar-refractivity contribution < 1.29 is 14.3 Å². The molecule has 0 aromatic heterocycles. The summed E-state index contributed by atoms with van der Waals surface area (Å²) in [6.07, 6.45) is 1.67. The molecule has 2 aliphatic heterocycles. The van der Waals surface area contributed by atoms with Gasteiger partial charge in [-0.25, -0.2) is 0 Å². The van der Waals surface area contributed by atoms with E-state index in [4.69, 9.17) is 9.47 Å². The number of methoxy groups -OCH3 is 1. The predicted octanol–water partition coefficient (Wildman–Crippen LogP) is 2.33. The minimum Gasteiger partial charge on any atom is -0.497 e. The van der Waals surface area contributed by atoms with E-state index in [0.29, 0.717) is 0 Å². The number of carbonyl (C=O) groups excluding carboxylic acids is 1. The molecule has 2 heterocycles. The Bertz CT molecular complexity index is 549. The van der Waals surface area contributed by atoms with Gasteiger partial charge in [-0.05, 0) is 37.5 Å². The van der Waals surface area contributed by atoms with Crippen LogP contribution >= 0.6 is 12.4 Å². The van der Waals surface area contributed by atoms with Crippen molar-refractivity contribution in [3.05, 3.63) is 29.8 Å². The van der Waals surface area contributed by atoms with Crippen LogP contribution in [0.2, 0.25) is 0 Å². The predicted molar refractivity (Wildman–Crippen MR) is 95.7 cm³/mol. The van der Waals surface area contributed by atoms with Crippen molar-refractivity contribution in [2.24, 2.45) is 0 Å². The normalized spacial score (nSPS) is 24.5. The van der Waals surface area contributed by atoms with E-state index in [9.17, 15) is 4.79 Å². The average Bonchev–Trinajstić information content (AvgIpc) is 3.09. The molecule has 0 spiro atoms. The van der Waals surface area contributed by atoms with Crippen LogP contribution in [0.5, 0.6) is 5.75 Å². The third-order valence-electron chi connectivity index (χ3n) is 4.74. The number of carbonyl (C=O) groups is 1.